The van der Waals surface area contributed by atoms with Crippen LogP contribution in [0.3, 0.4) is 0 Å². The molecule has 0 aromatic heterocycles. The molecule has 6 heteroatoms. The van der Waals surface area contributed by atoms with Crippen molar-refractivity contribution in [2.24, 2.45) is 0 Å². The van der Waals surface area contributed by atoms with Crippen LogP contribution >= 0.6 is 11.6 Å². The minimum atomic E-state index is -0.0608. The second kappa shape index (κ2) is 12.8. The third-order valence-corrected chi connectivity index (χ3v) is 5.95. The summed E-state index contributed by atoms with van der Waals surface area (Å²) in [5.74, 6) is 0.575. The zero-order valence-electron chi connectivity index (χ0n) is 19.7. The Balaban J connectivity index is 1.65. The lowest BCUT2D eigenvalue weighted by atomic mass is 9.97. The van der Waals surface area contributed by atoms with E-state index >= 15 is 0 Å². The molecule has 0 spiro atoms. The summed E-state index contributed by atoms with van der Waals surface area (Å²) in [6.45, 7) is 6.50. The van der Waals surface area contributed by atoms with Gasteiger partial charge in [-0.15, -0.1) is 0 Å². The van der Waals surface area contributed by atoms with Crippen LogP contribution < -0.4 is 10.1 Å². The van der Waals surface area contributed by atoms with Gasteiger partial charge in [0.1, 0.15) is 12.4 Å². The summed E-state index contributed by atoms with van der Waals surface area (Å²) in [5.41, 5.74) is 5.71. The maximum Gasteiger partial charge on any atom is 0.216 e. The lowest BCUT2D eigenvalue weighted by molar-refractivity contribution is -0.119. The number of carbonyl (C=O) groups is 1. The van der Waals surface area contributed by atoms with Gasteiger partial charge in [0.15, 0.2) is 0 Å². The molecule has 0 saturated heterocycles. The van der Waals surface area contributed by atoms with Crippen molar-refractivity contribution in [1.29, 1.82) is 5.26 Å². The highest BCUT2D eigenvalue weighted by molar-refractivity contribution is 6.32. The van der Waals surface area contributed by atoms with Crippen molar-refractivity contribution in [1.82, 2.24) is 10.2 Å². The highest BCUT2D eigenvalue weighted by Crippen LogP contribution is 2.29. The van der Waals surface area contributed by atoms with Gasteiger partial charge in [0.05, 0.1) is 11.1 Å². The van der Waals surface area contributed by atoms with E-state index in [0.29, 0.717) is 50.0 Å². The summed E-state index contributed by atoms with van der Waals surface area (Å²) < 4.78 is 6.07. The lowest BCUT2D eigenvalue weighted by Crippen LogP contribution is -2.34. The monoisotopic (exact) mass is 475 g/mol. The zero-order valence-corrected chi connectivity index (χ0v) is 20.4. The molecule has 3 aromatic rings. The van der Waals surface area contributed by atoms with Gasteiger partial charge in [-0.2, -0.15) is 5.26 Å². The minimum absolute atomic E-state index is 0.0608. The molecule has 5 nitrogen and oxygen atoms in total. The van der Waals surface area contributed by atoms with Gasteiger partial charge in [0.2, 0.25) is 5.91 Å². The molecular formula is C28H30ClN3O2. The Hall–Kier alpha value is -3.33. The predicted octanol–water partition coefficient (Wildman–Crippen LogP) is 5.75. The smallest absolute Gasteiger partial charge is 0.216 e. The number of hydrogen-bond donors (Lipinski definition) is 1. The van der Waals surface area contributed by atoms with Crippen LogP contribution in [-0.4, -0.2) is 30.4 Å². The molecule has 3 aromatic carbocycles. The third-order valence-electron chi connectivity index (χ3n) is 5.66. The number of nitriles is 1. The molecule has 0 bridgehead atoms. The average molecular weight is 476 g/mol. The van der Waals surface area contributed by atoms with E-state index in [9.17, 15) is 4.79 Å². The number of nitrogens with one attached hydrogen (secondary N) is 1. The Bertz CT molecular complexity index is 1140. The van der Waals surface area contributed by atoms with Gasteiger partial charge in [-0.1, -0.05) is 66.2 Å². The standard InChI is InChI=1S/C28H30ClN3O2/c1-21-25(10-6-11-26(21)24-8-4-3-5-9-24)20-34-28-13-12-23(18-27(28)29)19-32(16-7-14-30)17-15-31-22(2)33/h3-6,8-13,18H,7,15-17,19-20H2,1-2H3,(H,31,33). The van der Waals surface area contributed by atoms with Crippen LogP contribution in [0.4, 0.5) is 0 Å². The first kappa shape index (κ1) is 25.3. The summed E-state index contributed by atoms with van der Waals surface area (Å²) in [6.07, 6.45) is 0.427. The van der Waals surface area contributed by atoms with Crippen LogP contribution in [0.2, 0.25) is 5.02 Å². The van der Waals surface area contributed by atoms with Crippen molar-refractivity contribution in [3.8, 4) is 22.9 Å². The molecular weight excluding hydrogens is 446 g/mol. The van der Waals surface area contributed by atoms with E-state index in [0.717, 1.165) is 11.1 Å². The van der Waals surface area contributed by atoms with Gasteiger partial charge in [-0.25, -0.2) is 0 Å². The molecule has 0 aliphatic carbocycles. The molecule has 0 heterocycles. The number of ether oxygens (including phenoxy) is 1. The Morgan fingerprint density at radius 3 is 2.59 bits per heavy atom. The van der Waals surface area contributed by atoms with Gasteiger partial charge in [-0.3, -0.25) is 9.69 Å². The van der Waals surface area contributed by atoms with Crippen LogP contribution in [0.5, 0.6) is 5.75 Å². The maximum atomic E-state index is 11.1. The van der Waals surface area contributed by atoms with Crippen LogP contribution in [0.1, 0.15) is 30.0 Å². The second-order valence-corrected chi connectivity index (χ2v) is 8.58. The van der Waals surface area contributed by atoms with E-state index in [1.165, 1.54) is 23.6 Å². The van der Waals surface area contributed by atoms with Crippen molar-refractivity contribution >= 4 is 17.5 Å². The van der Waals surface area contributed by atoms with Gasteiger partial charge < -0.3 is 10.1 Å². The zero-order chi connectivity index (χ0) is 24.3. The number of rotatable bonds is 11. The fourth-order valence-electron chi connectivity index (χ4n) is 3.81. The number of benzene rings is 3. The maximum absolute atomic E-state index is 11.1. The molecule has 0 unspecified atom stereocenters. The number of nitrogens with zero attached hydrogens (tertiary/aromatic N) is 2. The highest BCUT2D eigenvalue weighted by atomic mass is 35.5. The first-order valence-electron chi connectivity index (χ1n) is 11.4. The molecule has 0 atom stereocenters. The molecule has 0 aliphatic heterocycles. The fraction of sp³-hybridized carbons (Fsp3) is 0.286. The van der Waals surface area contributed by atoms with Crippen LogP contribution in [0.25, 0.3) is 11.1 Å². The van der Waals surface area contributed by atoms with Crippen LogP contribution in [0, 0.1) is 18.3 Å². The summed E-state index contributed by atoms with van der Waals surface area (Å²) in [6, 6.07) is 24.5. The molecule has 0 aliphatic rings. The normalized spacial score (nSPS) is 10.7. The molecule has 0 saturated carbocycles. The summed E-state index contributed by atoms with van der Waals surface area (Å²) in [4.78, 5) is 13.3. The van der Waals surface area contributed by atoms with Crippen LogP contribution in [-0.2, 0) is 17.9 Å². The van der Waals surface area contributed by atoms with E-state index in [-0.39, 0.29) is 5.91 Å². The molecule has 34 heavy (non-hydrogen) atoms. The molecule has 1 N–H and O–H groups in total. The van der Waals surface area contributed by atoms with Crippen molar-refractivity contribution in [2.75, 3.05) is 19.6 Å². The van der Waals surface area contributed by atoms with E-state index < -0.39 is 0 Å². The molecule has 0 fully saturated rings. The SMILES string of the molecule is CC(=O)NCCN(CCC#N)Cc1ccc(OCc2cccc(-c3ccccc3)c2C)c(Cl)c1. The highest BCUT2D eigenvalue weighted by Gasteiger charge is 2.11. The van der Waals surface area contributed by atoms with Gasteiger partial charge in [0, 0.05) is 39.5 Å². The quantitative estimate of drug-likeness (QED) is 0.383. The number of amides is 1. The Morgan fingerprint density at radius 1 is 1.09 bits per heavy atom. The van der Waals surface area contributed by atoms with Crippen molar-refractivity contribution < 1.29 is 9.53 Å². The Kier molecular flexibility index (Phi) is 9.51. The second-order valence-electron chi connectivity index (χ2n) is 8.18. The van der Waals surface area contributed by atoms with Crippen molar-refractivity contribution in [3.63, 3.8) is 0 Å². The number of hydrogen-bond acceptors (Lipinski definition) is 4. The topological polar surface area (TPSA) is 65.4 Å². The Labute approximate surface area is 206 Å². The Morgan fingerprint density at radius 2 is 1.88 bits per heavy atom. The van der Waals surface area contributed by atoms with Crippen molar-refractivity contribution in [3.05, 3.63) is 88.4 Å². The lowest BCUT2D eigenvalue weighted by Gasteiger charge is -2.22. The minimum Gasteiger partial charge on any atom is -0.487 e. The average Bonchev–Trinajstić information content (AvgIpc) is 2.83. The molecule has 176 valence electrons. The third kappa shape index (κ3) is 7.34. The number of halogens is 1. The van der Waals surface area contributed by atoms with Crippen molar-refractivity contribution in [2.45, 2.75) is 33.4 Å². The molecule has 3 rings (SSSR count). The van der Waals surface area contributed by atoms with E-state index in [2.05, 4.69) is 53.5 Å². The first-order chi connectivity index (χ1) is 16.5. The van der Waals surface area contributed by atoms with E-state index in [1.54, 1.807) is 0 Å². The van der Waals surface area contributed by atoms with E-state index in [1.807, 2.05) is 36.4 Å². The fourth-order valence-corrected chi connectivity index (χ4v) is 4.07. The largest absolute Gasteiger partial charge is 0.487 e. The number of carbonyl (C=O) groups excluding carboxylic acids is 1. The van der Waals surface area contributed by atoms with Gasteiger partial charge in [0.25, 0.3) is 0 Å². The van der Waals surface area contributed by atoms with Gasteiger partial charge >= 0.3 is 0 Å². The summed E-state index contributed by atoms with van der Waals surface area (Å²) in [7, 11) is 0. The molecule has 0 radical (unpaired) electrons. The van der Waals surface area contributed by atoms with Gasteiger partial charge in [-0.05, 0) is 46.9 Å². The first-order valence-corrected chi connectivity index (χ1v) is 11.7. The predicted molar refractivity (Wildman–Crippen MR) is 137 cm³/mol. The molecule has 1 amide bonds. The van der Waals surface area contributed by atoms with E-state index in [4.69, 9.17) is 21.6 Å². The van der Waals surface area contributed by atoms with Crippen LogP contribution in [0.15, 0.2) is 66.7 Å². The summed E-state index contributed by atoms with van der Waals surface area (Å²) >= 11 is 6.54. The summed E-state index contributed by atoms with van der Waals surface area (Å²) in [5, 5.41) is 12.3.